The molecule has 0 spiro atoms. The Balaban J connectivity index is 2.91. The molecule has 0 unspecified atom stereocenters. The van der Waals surface area contributed by atoms with Gasteiger partial charge in [-0.1, -0.05) is 12.1 Å². The van der Waals surface area contributed by atoms with Crippen molar-refractivity contribution in [1.29, 1.82) is 21.0 Å². The zero-order chi connectivity index (χ0) is 15.4. The summed E-state index contributed by atoms with van der Waals surface area (Å²) in [5.41, 5.74) is 2.22. The Morgan fingerprint density at radius 1 is 0.952 bits per heavy atom. The highest BCUT2D eigenvalue weighted by Gasteiger charge is 2.29. The van der Waals surface area contributed by atoms with Gasteiger partial charge in [-0.2, -0.15) is 21.0 Å². The van der Waals surface area contributed by atoms with Crippen molar-refractivity contribution in [2.24, 2.45) is 0 Å². The number of rotatable bonds is 1. The number of benzene rings is 1. The van der Waals surface area contributed by atoms with Gasteiger partial charge in [0.1, 0.15) is 41.2 Å². The van der Waals surface area contributed by atoms with Gasteiger partial charge in [-0.25, -0.2) is 0 Å². The maximum Gasteiger partial charge on any atom is 0.133 e. The summed E-state index contributed by atoms with van der Waals surface area (Å²) < 4.78 is 5.28. The Hall–Kier alpha value is -3.54. The van der Waals surface area contributed by atoms with Gasteiger partial charge in [0, 0.05) is 12.0 Å². The monoisotopic (exact) mass is 272 g/mol. The quantitative estimate of drug-likeness (QED) is 0.731. The van der Waals surface area contributed by atoms with Crippen molar-refractivity contribution >= 4 is 11.1 Å². The number of nitriles is 4. The molecule has 1 aromatic carbocycles. The first-order valence-corrected chi connectivity index (χ1v) is 5.96. The fourth-order valence-corrected chi connectivity index (χ4v) is 2.38. The third kappa shape index (κ3) is 2.10. The van der Waals surface area contributed by atoms with Crippen LogP contribution < -0.4 is 4.74 Å². The lowest BCUT2D eigenvalue weighted by Crippen LogP contribution is -1.92. The highest BCUT2D eigenvalue weighted by molar-refractivity contribution is 5.99. The zero-order valence-corrected chi connectivity index (χ0v) is 11.1. The van der Waals surface area contributed by atoms with Crippen LogP contribution in [0.4, 0.5) is 0 Å². The molecule has 0 saturated heterocycles. The topological polar surface area (TPSA) is 104 Å². The zero-order valence-electron chi connectivity index (χ0n) is 11.1. The van der Waals surface area contributed by atoms with Crippen LogP contribution in [0.15, 0.2) is 29.3 Å². The summed E-state index contributed by atoms with van der Waals surface area (Å²) in [5, 5.41) is 36.3. The molecular weight excluding hydrogens is 264 g/mol. The number of methoxy groups -OCH3 is 1. The molecule has 1 aromatic rings. The molecule has 0 heterocycles. The molecular formula is C16H8N4O. The van der Waals surface area contributed by atoms with Crippen molar-refractivity contribution in [1.82, 2.24) is 0 Å². The molecule has 0 amide bonds. The van der Waals surface area contributed by atoms with E-state index < -0.39 is 0 Å². The minimum absolute atomic E-state index is 0.0188. The number of hydrogen-bond donors (Lipinski definition) is 0. The molecule has 5 heteroatoms. The molecule has 5 nitrogen and oxygen atoms in total. The van der Waals surface area contributed by atoms with Crippen molar-refractivity contribution in [3.05, 3.63) is 40.5 Å². The van der Waals surface area contributed by atoms with Crippen LogP contribution in [0.1, 0.15) is 17.5 Å². The van der Waals surface area contributed by atoms with Crippen LogP contribution in [-0.2, 0) is 0 Å². The highest BCUT2D eigenvalue weighted by atomic mass is 16.5. The van der Waals surface area contributed by atoms with E-state index in [-0.39, 0.29) is 17.6 Å². The predicted molar refractivity (Wildman–Crippen MR) is 73.9 cm³/mol. The van der Waals surface area contributed by atoms with Crippen molar-refractivity contribution in [3.8, 4) is 30.0 Å². The fraction of sp³-hybridized carbons (Fsp3) is 0.125. The molecule has 0 aromatic heterocycles. The van der Waals surface area contributed by atoms with E-state index in [1.54, 1.807) is 18.2 Å². The van der Waals surface area contributed by atoms with Gasteiger partial charge in [-0.3, -0.25) is 0 Å². The van der Waals surface area contributed by atoms with Gasteiger partial charge in [0.15, 0.2) is 0 Å². The van der Waals surface area contributed by atoms with Gasteiger partial charge < -0.3 is 4.74 Å². The smallest absolute Gasteiger partial charge is 0.133 e. The van der Waals surface area contributed by atoms with Gasteiger partial charge in [0.2, 0.25) is 0 Å². The maximum absolute atomic E-state index is 9.10. The van der Waals surface area contributed by atoms with Gasteiger partial charge in [0.05, 0.1) is 7.11 Å². The molecule has 0 saturated carbocycles. The average Bonchev–Trinajstić information content (AvgIpc) is 2.90. The van der Waals surface area contributed by atoms with Crippen LogP contribution in [0.5, 0.6) is 5.75 Å². The number of nitrogens with zero attached hydrogens (tertiary/aromatic N) is 4. The van der Waals surface area contributed by atoms with E-state index >= 15 is 0 Å². The number of hydrogen-bond acceptors (Lipinski definition) is 5. The number of ether oxygens (including phenoxy) is 1. The second kappa shape index (κ2) is 5.62. The molecule has 0 bridgehead atoms. The van der Waals surface area contributed by atoms with Crippen LogP contribution in [0.2, 0.25) is 0 Å². The molecule has 1 aliphatic rings. The summed E-state index contributed by atoms with van der Waals surface area (Å²) in [6.07, 6.45) is 0.197. The summed E-state index contributed by atoms with van der Waals surface area (Å²) >= 11 is 0. The van der Waals surface area contributed by atoms with Crippen LogP contribution in [0.3, 0.4) is 0 Å². The maximum atomic E-state index is 9.10. The first-order valence-electron chi connectivity index (χ1n) is 5.96. The summed E-state index contributed by atoms with van der Waals surface area (Å²) in [6.45, 7) is 0. The fourth-order valence-electron chi connectivity index (χ4n) is 2.38. The first-order chi connectivity index (χ1) is 10.2. The lowest BCUT2D eigenvalue weighted by Gasteiger charge is -2.07. The third-order valence-corrected chi connectivity index (χ3v) is 3.28. The summed E-state index contributed by atoms with van der Waals surface area (Å²) in [4.78, 5) is 0. The van der Waals surface area contributed by atoms with Gasteiger partial charge >= 0.3 is 0 Å². The lowest BCUT2D eigenvalue weighted by molar-refractivity contribution is 0.413. The third-order valence-electron chi connectivity index (χ3n) is 3.28. The Labute approximate surface area is 121 Å². The van der Waals surface area contributed by atoms with Crippen LogP contribution in [0, 0.1) is 45.3 Å². The molecule has 0 fully saturated rings. The predicted octanol–water partition coefficient (Wildman–Crippen LogP) is 2.70. The van der Waals surface area contributed by atoms with E-state index in [4.69, 9.17) is 25.8 Å². The molecule has 0 atom stereocenters. The SMILES string of the molecule is COc1cccc2c1C(=C(C#N)C#N)CC2=C(C#N)C#N. The molecule has 0 aliphatic heterocycles. The molecule has 1 aliphatic carbocycles. The number of allylic oxidation sites excluding steroid dienone is 4. The van der Waals surface area contributed by atoms with Gasteiger partial charge in [-0.05, 0) is 22.8 Å². The van der Waals surface area contributed by atoms with Crippen molar-refractivity contribution in [2.45, 2.75) is 6.42 Å². The van der Waals surface area contributed by atoms with E-state index in [0.29, 0.717) is 28.0 Å². The van der Waals surface area contributed by atoms with Gasteiger partial charge in [0.25, 0.3) is 0 Å². The van der Waals surface area contributed by atoms with E-state index in [1.165, 1.54) is 7.11 Å². The Kier molecular flexibility index (Phi) is 3.71. The average molecular weight is 272 g/mol. The van der Waals surface area contributed by atoms with Crippen molar-refractivity contribution < 1.29 is 4.74 Å². The minimum Gasteiger partial charge on any atom is -0.496 e. The Bertz CT molecular complexity index is 816. The summed E-state index contributed by atoms with van der Waals surface area (Å²) in [6, 6.07) is 12.6. The molecule has 2 rings (SSSR count). The van der Waals surface area contributed by atoms with E-state index in [0.717, 1.165) is 0 Å². The van der Waals surface area contributed by atoms with Crippen molar-refractivity contribution in [3.63, 3.8) is 0 Å². The Morgan fingerprint density at radius 3 is 2.05 bits per heavy atom. The van der Waals surface area contributed by atoms with E-state index in [1.807, 2.05) is 24.3 Å². The van der Waals surface area contributed by atoms with Crippen LogP contribution in [-0.4, -0.2) is 7.11 Å². The lowest BCUT2D eigenvalue weighted by atomic mass is 10.0. The standard InChI is InChI=1S/C16H8N4O/c1-21-15-4-2-3-12-13(10(6-17)7-18)5-14(16(12)15)11(8-19)9-20/h2-4H,5H2,1H3. The summed E-state index contributed by atoms with van der Waals surface area (Å²) in [5.74, 6) is 0.510. The molecule has 0 N–H and O–H groups in total. The van der Waals surface area contributed by atoms with Crippen LogP contribution >= 0.6 is 0 Å². The second-order valence-corrected chi connectivity index (χ2v) is 4.21. The van der Waals surface area contributed by atoms with Gasteiger partial charge in [-0.15, -0.1) is 0 Å². The van der Waals surface area contributed by atoms with E-state index in [9.17, 15) is 0 Å². The normalized spacial score (nSPS) is 11.5. The van der Waals surface area contributed by atoms with Crippen molar-refractivity contribution in [2.75, 3.05) is 7.11 Å². The highest BCUT2D eigenvalue weighted by Crippen LogP contribution is 2.47. The minimum atomic E-state index is -0.0361. The Morgan fingerprint density at radius 2 is 1.52 bits per heavy atom. The molecule has 21 heavy (non-hydrogen) atoms. The summed E-state index contributed by atoms with van der Waals surface area (Å²) in [7, 11) is 1.49. The molecule has 98 valence electrons. The first kappa shape index (κ1) is 13.9. The van der Waals surface area contributed by atoms with E-state index in [2.05, 4.69) is 0 Å². The number of fused-ring (bicyclic) bond motifs is 1. The largest absolute Gasteiger partial charge is 0.496 e. The second-order valence-electron chi connectivity index (χ2n) is 4.21. The van der Waals surface area contributed by atoms with Crippen LogP contribution in [0.25, 0.3) is 11.1 Å². The molecule has 0 radical (unpaired) electrons.